The van der Waals surface area contributed by atoms with Crippen LogP contribution in [-0.4, -0.2) is 57.3 Å². The fourth-order valence-corrected chi connectivity index (χ4v) is 4.45. The Morgan fingerprint density at radius 3 is 2.46 bits per heavy atom. The summed E-state index contributed by atoms with van der Waals surface area (Å²) in [4.78, 5) is 17.1. The Hall–Kier alpha value is -3.58. The van der Waals surface area contributed by atoms with Gasteiger partial charge in [-0.15, -0.1) is 0 Å². The number of hydrogen-bond acceptors (Lipinski definition) is 4. The Bertz CT molecular complexity index is 1100. The maximum Gasteiger partial charge on any atom is 0.315 e. The van der Waals surface area contributed by atoms with Gasteiger partial charge in [0.25, 0.3) is 0 Å². The number of rotatable bonds is 9. The second kappa shape index (κ2) is 12.2. The van der Waals surface area contributed by atoms with E-state index >= 15 is 0 Å². The molecular weight excluding hydrogens is 443 g/mol. The lowest BCUT2D eigenvalue weighted by molar-refractivity contribution is 0.235. The fraction of sp³-hybridized carbons (Fsp3) is 0.321. The number of carbonyl (C=O) groups excluding carboxylic acids is 1. The molecule has 7 heteroatoms. The first-order chi connectivity index (χ1) is 17.1. The summed E-state index contributed by atoms with van der Waals surface area (Å²) in [6, 6.07) is 22.4. The minimum atomic E-state index is -0.312. The zero-order chi connectivity index (χ0) is 24.5. The van der Waals surface area contributed by atoms with Gasteiger partial charge < -0.3 is 20.3 Å². The van der Waals surface area contributed by atoms with Gasteiger partial charge in [-0.25, -0.2) is 9.18 Å². The van der Waals surface area contributed by atoms with Crippen LogP contribution in [0.1, 0.15) is 12.0 Å². The number of anilines is 1. The van der Waals surface area contributed by atoms with E-state index in [0.717, 1.165) is 67.3 Å². The molecule has 1 saturated heterocycles. The largest absolute Gasteiger partial charge is 0.495 e. The van der Waals surface area contributed by atoms with Crippen LogP contribution in [0.2, 0.25) is 0 Å². The fourth-order valence-electron chi connectivity index (χ4n) is 4.45. The van der Waals surface area contributed by atoms with Gasteiger partial charge in [0.2, 0.25) is 0 Å². The number of piperazine rings is 1. The quantitative estimate of drug-likeness (QED) is 0.446. The summed E-state index contributed by atoms with van der Waals surface area (Å²) in [7, 11) is 1.71. The summed E-state index contributed by atoms with van der Waals surface area (Å²) >= 11 is 0. The van der Waals surface area contributed by atoms with Gasteiger partial charge in [-0.2, -0.15) is 0 Å². The van der Waals surface area contributed by atoms with E-state index in [1.807, 2.05) is 48.5 Å². The molecule has 0 bridgehead atoms. The van der Waals surface area contributed by atoms with Crippen LogP contribution in [0.5, 0.6) is 5.75 Å². The van der Waals surface area contributed by atoms with Gasteiger partial charge in [0, 0.05) is 39.3 Å². The van der Waals surface area contributed by atoms with E-state index in [1.54, 1.807) is 13.2 Å². The third-order valence-electron chi connectivity index (χ3n) is 6.33. The zero-order valence-electron chi connectivity index (χ0n) is 20.2. The molecule has 2 amide bonds. The second-order valence-electron chi connectivity index (χ2n) is 8.63. The van der Waals surface area contributed by atoms with E-state index in [2.05, 4.69) is 26.5 Å². The first-order valence-corrected chi connectivity index (χ1v) is 12.1. The zero-order valence-corrected chi connectivity index (χ0v) is 20.2. The second-order valence-corrected chi connectivity index (χ2v) is 8.63. The van der Waals surface area contributed by atoms with Gasteiger partial charge in [0.1, 0.15) is 11.6 Å². The van der Waals surface area contributed by atoms with Crippen LogP contribution in [-0.2, 0) is 6.54 Å². The van der Waals surface area contributed by atoms with Crippen molar-refractivity contribution in [1.29, 1.82) is 0 Å². The molecule has 0 radical (unpaired) electrons. The summed E-state index contributed by atoms with van der Waals surface area (Å²) in [5.41, 5.74) is 3.80. The summed E-state index contributed by atoms with van der Waals surface area (Å²) in [6.07, 6.45) is 0.872. The first-order valence-electron chi connectivity index (χ1n) is 12.1. The molecule has 0 unspecified atom stereocenters. The van der Waals surface area contributed by atoms with Crippen molar-refractivity contribution in [3.05, 3.63) is 84.2 Å². The molecule has 0 aliphatic carbocycles. The van der Waals surface area contributed by atoms with Gasteiger partial charge in [-0.1, -0.05) is 48.5 Å². The Morgan fingerprint density at radius 1 is 0.943 bits per heavy atom. The Balaban J connectivity index is 1.17. The van der Waals surface area contributed by atoms with Crippen molar-refractivity contribution in [3.8, 4) is 16.9 Å². The molecule has 1 aliphatic heterocycles. The van der Waals surface area contributed by atoms with Crippen molar-refractivity contribution >= 4 is 11.7 Å². The Kier molecular flexibility index (Phi) is 8.57. The summed E-state index contributed by atoms with van der Waals surface area (Å²) in [5.74, 6) is 0.595. The molecule has 4 rings (SSSR count). The van der Waals surface area contributed by atoms with Crippen LogP contribution >= 0.6 is 0 Å². The standard InChI is InChI=1S/C28H33FN4O2/c1-35-27-11-6-5-10-26(27)33-18-16-32(17-19-33)15-7-14-30-28(34)31-21-23-20-24(29)12-13-25(23)22-8-3-2-4-9-22/h2-6,8-13,20H,7,14-19,21H2,1H3,(H2,30,31,34). The van der Waals surface area contributed by atoms with Crippen LogP contribution in [0.3, 0.4) is 0 Å². The van der Waals surface area contributed by atoms with Crippen molar-refractivity contribution < 1.29 is 13.9 Å². The molecule has 0 saturated carbocycles. The Labute approximate surface area is 206 Å². The number of nitrogens with one attached hydrogen (secondary N) is 2. The van der Waals surface area contributed by atoms with Gasteiger partial charge in [0.05, 0.1) is 12.8 Å². The number of methoxy groups -OCH3 is 1. The molecular formula is C28H33FN4O2. The van der Waals surface area contributed by atoms with E-state index in [0.29, 0.717) is 6.54 Å². The monoisotopic (exact) mass is 476 g/mol. The number of urea groups is 1. The topological polar surface area (TPSA) is 56.8 Å². The molecule has 1 fully saturated rings. The van der Waals surface area contributed by atoms with Crippen LogP contribution in [0.25, 0.3) is 11.1 Å². The van der Waals surface area contributed by atoms with Gasteiger partial charge >= 0.3 is 6.03 Å². The van der Waals surface area contributed by atoms with Crippen molar-refractivity contribution in [2.24, 2.45) is 0 Å². The van der Waals surface area contributed by atoms with Crippen molar-refractivity contribution in [1.82, 2.24) is 15.5 Å². The van der Waals surface area contributed by atoms with Crippen LogP contribution < -0.4 is 20.3 Å². The Morgan fingerprint density at radius 2 is 1.69 bits per heavy atom. The third-order valence-corrected chi connectivity index (χ3v) is 6.33. The minimum absolute atomic E-state index is 0.241. The molecule has 0 spiro atoms. The summed E-state index contributed by atoms with van der Waals surface area (Å²) in [5, 5.41) is 5.78. The predicted octanol–water partition coefficient (Wildman–Crippen LogP) is 4.51. The van der Waals surface area contributed by atoms with Crippen LogP contribution in [0, 0.1) is 5.82 Å². The summed E-state index contributed by atoms with van der Waals surface area (Å²) in [6.45, 7) is 5.64. The highest BCUT2D eigenvalue weighted by molar-refractivity contribution is 5.74. The first kappa shape index (κ1) is 24.5. The molecule has 3 aromatic rings. The summed E-state index contributed by atoms with van der Waals surface area (Å²) < 4.78 is 19.3. The lowest BCUT2D eigenvalue weighted by Crippen LogP contribution is -2.47. The number of carbonyl (C=O) groups is 1. The molecule has 1 heterocycles. The van der Waals surface area contributed by atoms with Crippen LogP contribution in [0.4, 0.5) is 14.9 Å². The van der Waals surface area contributed by atoms with E-state index in [4.69, 9.17) is 4.74 Å². The number of para-hydroxylation sites is 2. The normalized spacial score (nSPS) is 13.9. The molecule has 2 N–H and O–H groups in total. The van der Waals surface area contributed by atoms with Gasteiger partial charge in [-0.3, -0.25) is 4.90 Å². The molecule has 1 aliphatic rings. The van der Waals surface area contributed by atoms with Gasteiger partial charge in [0.15, 0.2) is 0 Å². The highest BCUT2D eigenvalue weighted by Crippen LogP contribution is 2.28. The van der Waals surface area contributed by atoms with Crippen molar-refractivity contribution in [2.75, 3.05) is 51.3 Å². The van der Waals surface area contributed by atoms with Crippen molar-refractivity contribution in [3.63, 3.8) is 0 Å². The lowest BCUT2D eigenvalue weighted by atomic mass is 9.99. The van der Waals surface area contributed by atoms with E-state index in [1.165, 1.54) is 12.1 Å². The highest BCUT2D eigenvalue weighted by atomic mass is 19.1. The average molecular weight is 477 g/mol. The maximum atomic E-state index is 13.8. The molecule has 35 heavy (non-hydrogen) atoms. The van der Waals surface area contributed by atoms with E-state index < -0.39 is 0 Å². The highest BCUT2D eigenvalue weighted by Gasteiger charge is 2.19. The average Bonchev–Trinajstić information content (AvgIpc) is 2.91. The van der Waals surface area contributed by atoms with E-state index in [-0.39, 0.29) is 18.4 Å². The predicted molar refractivity (Wildman–Crippen MR) is 138 cm³/mol. The number of hydrogen-bond donors (Lipinski definition) is 2. The number of halogens is 1. The number of nitrogens with zero attached hydrogens (tertiary/aromatic N) is 2. The third kappa shape index (κ3) is 6.73. The van der Waals surface area contributed by atoms with Gasteiger partial charge in [-0.05, 0) is 53.9 Å². The van der Waals surface area contributed by atoms with Crippen molar-refractivity contribution in [2.45, 2.75) is 13.0 Å². The number of benzene rings is 3. The number of amides is 2. The minimum Gasteiger partial charge on any atom is -0.495 e. The molecule has 184 valence electrons. The molecule has 0 aromatic heterocycles. The lowest BCUT2D eigenvalue weighted by Gasteiger charge is -2.36. The molecule has 0 atom stereocenters. The maximum absolute atomic E-state index is 13.8. The SMILES string of the molecule is COc1ccccc1N1CCN(CCCNC(=O)NCc2cc(F)ccc2-c2ccccc2)CC1. The smallest absolute Gasteiger partial charge is 0.315 e. The van der Waals surface area contributed by atoms with Crippen LogP contribution in [0.15, 0.2) is 72.8 Å². The number of ether oxygens (including phenoxy) is 1. The van der Waals surface area contributed by atoms with E-state index in [9.17, 15) is 9.18 Å². The molecule has 6 nitrogen and oxygen atoms in total. The molecule has 3 aromatic carbocycles.